The third-order valence-corrected chi connectivity index (χ3v) is 11.5. The zero-order valence-corrected chi connectivity index (χ0v) is 36.2. The Labute approximate surface area is 343 Å². The van der Waals surface area contributed by atoms with Gasteiger partial charge in [0.15, 0.2) is 5.75 Å². The molecule has 2 saturated heterocycles. The van der Waals surface area contributed by atoms with Gasteiger partial charge in [0.05, 0.1) is 24.8 Å². The third kappa shape index (κ3) is 9.59. The van der Waals surface area contributed by atoms with Gasteiger partial charge in [0.2, 0.25) is 5.91 Å². The minimum Gasteiger partial charge on any atom is -0.486 e. The van der Waals surface area contributed by atoms with Crippen LogP contribution in [-0.2, 0) is 34.7 Å². The van der Waals surface area contributed by atoms with Crippen LogP contribution in [0.15, 0.2) is 42.5 Å². The average molecular weight is 805 g/mol. The van der Waals surface area contributed by atoms with E-state index in [0.29, 0.717) is 35.7 Å². The zero-order valence-electron chi connectivity index (χ0n) is 36.2. The van der Waals surface area contributed by atoms with E-state index < -0.39 is 54.3 Å². The van der Waals surface area contributed by atoms with Crippen LogP contribution in [-0.4, -0.2) is 83.8 Å². The summed E-state index contributed by atoms with van der Waals surface area (Å²) in [5.74, 6) is -0.0128. The van der Waals surface area contributed by atoms with Gasteiger partial charge in [0.25, 0.3) is 0 Å². The summed E-state index contributed by atoms with van der Waals surface area (Å²) in [5.41, 5.74) is -1.66. The highest BCUT2D eigenvalue weighted by Gasteiger charge is 2.67. The van der Waals surface area contributed by atoms with Gasteiger partial charge >= 0.3 is 25.3 Å². The molecule has 5 fully saturated rings. The van der Waals surface area contributed by atoms with E-state index in [1.54, 1.807) is 104 Å². The molecule has 0 spiro atoms. The first kappa shape index (κ1) is 43.3. The number of benzene rings is 2. The van der Waals surface area contributed by atoms with Gasteiger partial charge in [0, 0.05) is 0 Å². The number of esters is 1. The van der Waals surface area contributed by atoms with Gasteiger partial charge in [0.1, 0.15) is 40.3 Å². The molecule has 13 nitrogen and oxygen atoms in total. The first-order chi connectivity index (χ1) is 26.8. The van der Waals surface area contributed by atoms with E-state index in [0.717, 1.165) is 12.8 Å². The number of nitrogens with zero attached hydrogens (tertiary/aromatic N) is 1. The van der Waals surface area contributed by atoms with Crippen molar-refractivity contribution in [2.75, 3.05) is 13.1 Å². The molecule has 7 rings (SSSR count). The number of likely N-dealkylation sites (tertiary alicyclic amines) is 1. The molecule has 3 saturated carbocycles. The Balaban J connectivity index is 1.24. The lowest BCUT2D eigenvalue weighted by molar-refractivity contribution is -0.199. The first-order valence-corrected chi connectivity index (χ1v) is 20.5. The summed E-state index contributed by atoms with van der Waals surface area (Å²) >= 11 is 0. The largest absolute Gasteiger partial charge is 0.514 e. The summed E-state index contributed by atoms with van der Waals surface area (Å²) in [6, 6.07) is 11.3. The number of nitrogens with one attached hydrogen (secondary N) is 1. The quantitative estimate of drug-likeness (QED) is 0.108. The molecule has 3 aliphatic carbocycles. The molecule has 14 heteroatoms. The monoisotopic (exact) mass is 804 g/mol. The van der Waals surface area contributed by atoms with Gasteiger partial charge in [-0.3, -0.25) is 4.79 Å². The number of ether oxygens (including phenoxy) is 5. The van der Waals surface area contributed by atoms with Gasteiger partial charge in [-0.15, -0.1) is 0 Å². The normalized spacial score (nSPS) is 24.4. The van der Waals surface area contributed by atoms with Gasteiger partial charge < -0.3 is 43.2 Å². The number of hydrogen-bond donors (Lipinski definition) is 1. The number of amides is 2. The van der Waals surface area contributed by atoms with E-state index in [-0.39, 0.29) is 53.2 Å². The van der Waals surface area contributed by atoms with Crippen LogP contribution >= 0.6 is 0 Å². The van der Waals surface area contributed by atoms with Crippen LogP contribution in [0, 0.1) is 17.3 Å². The zero-order chi connectivity index (χ0) is 42.6. The first-order valence-electron chi connectivity index (χ1n) is 20.5. The number of rotatable bonds is 10. The molecule has 0 radical (unpaired) electrons. The average Bonchev–Trinajstić information content (AvgIpc) is 3.41. The summed E-state index contributed by atoms with van der Waals surface area (Å²) in [4.78, 5) is 55.6. The molecule has 2 aliphatic heterocycles. The minimum absolute atomic E-state index is 0.00449. The Bertz CT molecular complexity index is 1880. The van der Waals surface area contributed by atoms with Crippen molar-refractivity contribution >= 4 is 31.2 Å². The molecule has 2 aromatic carbocycles. The van der Waals surface area contributed by atoms with Gasteiger partial charge in [-0.05, 0) is 129 Å². The molecule has 2 heterocycles. The lowest BCUT2D eigenvalue weighted by atomic mass is 9.43. The highest BCUT2D eigenvalue weighted by atomic mass is 16.7. The maximum atomic E-state index is 14.1. The van der Waals surface area contributed by atoms with Crippen molar-refractivity contribution in [3.63, 3.8) is 0 Å². The maximum Gasteiger partial charge on any atom is 0.514 e. The van der Waals surface area contributed by atoms with Crippen LogP contribution in [0.5, 0.6) is 11.5 Å². The second-order valence-electron chi connectivity index (χ2n) is 19.9. The van der Waals surface area contributed by atoms with Crippen molar-refractivity contribution in [3.05, 3.63) is 59.2 Å². The van der Waals surface area contributed by atoms with E-state index in [1.807, 2.05) is 6.07 Å². The van der Waals surface area contributed by atoms with Crippen LogP contribution in [0.25, 0.3) is 0 Å². The van der Waals surface area contributed by atoms with Gasteiger partial charge in [-0.1, -0.05) is 50.2 Å². The molecule has 2 amide bonds. The van der Waals surface area contributed by atoms with E-state index in [4.69, 9.17) is 33.0 Å². The van der Waals surface area contributed by atoms with Crippen molar-refractivity contribution in [1.29, 1.82) is 0 Å². The molecule has 5 aliphatic rings. The molecule has 2 bridgehead atoms. The summed E-state index contributed by atoms with van der Waals surface area (Å²) < 4.78 is 42.4. The highest BCUT2D eigenvalue weighted by Crippen LogP contribution is 2.65. The highest BCUT2D eigenvalue weighted by molar-refractivity contribution is 6.45. The molecular formula is C44H61BN2O11. The summed E-state index contributed by atoms with van der Waals surface area (Å²) in [6.07, 6.45) is 0.631. The minimum atomic E-state index is -1.00. The van der Waals surface area contributed by atoms with Crippen molar-refractivity contribution in [1.82, 2.24) is 10.2 Å². The standard InChI is InChI=1S/C44H61BN2O11/c1-40(2,3)54-37(49)33-30(52-29-24-47(25-29)36(48)34(26-16-14-13-15-17-26)46-38(50)55-41(4,5)6)19-18-27(35(33)53-39(51)56-42(7,8)9)20-21-45-57-32-23-28-22-31(43(28,10)11)44(32,12)58-45/h13-19,28-29,31-32,34H,20-25H2,1-12H3,(H,46,50)/t28-,31-,32+,34+,44-/m0/s1. The molecule has 5 atom stereocenters. The number of alkyl carbamates (subject to hydrolysis) is 1. The fourth-order valence-electron chi connectivity index (χ4n) is 8.66. The summed E-state index contributed by atoms with van der Waals surface area (Å²) in [5, 5.41) is 2.72. The van der Waals surface area contributed by atoms with E-state index in [2.05, 4.69) is 26.1 Å². The Hall–Kier alpha value is -4.30. The smallest absolute Gasteiger partial charge is 0.486 e. The SMILES string of the molecule is CC(C)(C)OC(=O)N[C@@H](C(=O)N1CC(Oc2ccc(CCB3O[C@@H]4C[C@@H]5C[C@@H](C5(C)C)[C@]4(C)O3)c(OC(=O)OC(C)(C)C)c2C(=O)OC(C)(C)C)C1)c1ccccc1. The fourth-order valence-corrected chi connectivity index (χ4v) is 8.66. The number of hydrogen-bond acceptors (Lipinski definition) is 11. The van der Waals surface area contributed by atoms with Crippen LogP contribution < -0.4 is 14.8 Å². The lowest BCUT2D eigenvalue weighted by Crippen LogP contribution is -2.65. The van der Waals surface area contributed by atoms with Gasteiger partial charge in [-0.25, -0.2) is 14.4 Å². The lowest BCUT2D eigenvalue weighted by Gasteiger charge is -2.64. The van der Waals surface area contributed by atoms with Crippen molar-refractivity contribution in [3.8, 4) is 11.5 Å². The van der Waals surface area contributed by atoms with E-state index >= 15 is 0 Å². The maximum absolute atomic E-state index is 14.1. The van der Waals surface area contributed by atoms with Crippen molar-refractivity contribution in [2.24, 2.45) is 17.3 Å². The molecule has 2 aromatic rings. The van der Waals surface area contributed by atoms with E-state index in [9.17, 15) is 19.2 Å². The van der Waals surface area contributed by atoms with Crippen LogP contribution in [0.4, 0.5) is 9.59 Å². The summed E-state index contributed by atoms with van der Waals surface area (Å²) in [7, 11) is -0.483. The molecule has 0 unspecified atom stereocenters. The number of carbonyl (C=O) groups excluding carboxylic acids is 4. The Kier molecular flexibility index (Phi) is 11.7. The molecule has 1 N–H and O–H groups in total. The van der Waals surface area contributed by atoms with Gasteiger partial charge in [-0.2, -0.15) is 0 Å². The van der Waals surface area contributed by atoms with E-state index in [1.165, 1.54) is 0 Å². The van der Waals surface area contributed by atoms with Crippen molar-refractivity contribution < 1.29 is 52.2 Å². The molecular weight excluding hydrogens is 743 g/mol. The number of aryl methyl sites for hydroxylation is 1. The predicted octanol–water partition coefficient (Wildman–Crippen LogP) is 8.08. The Morgan fingerprint density at radius 1 is 0.862 bits per heavy atom. The second-order valence-corrected chi connectivity index (χ2v) is 19.9. The van der Waals surface area contributed by atoms with Crippen LogP contribution in [0.2, 0.25) is 6.32 Å². The predicted molar refractivity (Wildman–Crippen MR) is 217 cm³/mol. The van der Waals surface area contributed by atoms with Crippen LogP contribution in [0.3, 0.4) is 0 Å². The number of carbonyl (C=O) groups is 4. The second kappa shape index (κ2) is 15.7. The summed E-state index contributed by atoms with van der Waals surface area (Å²) in [6.45, 7) is 22.8. The molecule has 0 aromatic heterocycles. The fraction of sp³-hybridized carbons (Fsp3) is 0.636. The molecule has 58 heavy (non-hydrogen) atoms. The van der Waals surface area contributed by atoms with Crippen LogP contribution in [0.1, 0.15) is 123 Å². The third-order valence-electron chi connectivity index (χ3n) is 11.5. The van der Waals surface area contributed by atoms with Crippen molar-refractivity contribution in [2.45, 2.75) is 149 Å². The Morgan fingerprint density at radius 3 is 2.10 bits per heavy atom. The Morgan fingerprint density at radius 2 is 1.50 bits per heavy atom. The molecule has 316 valence electrons. The topological polar surface area (TPSA) is 148 Å².